The molecule has 0 radical (unpaired) electrons. The third-order valence-electron chi connectivity index (χ3n) is 2.28. The normalized spacial score (nSPS) is 10.2. The Morgan fingerprint density at radius 1 is 0.941 bits per heavy atom. The van der Waals surface area contributed by atoms with Gasteiger partial charge in [-0.2, -0.15) is 0 Å². The molecule has 88 valence electrons. The molecule has 0 aliphatic rings. The summed E-state index contributed by atoms with van der Waals surface area (Å²) in [6, 6.07) is 9.88. The number of halogens is 2. The predicted molar refractivity (Wildman–Crippen MR) is 61.5 cm³/mol. The Morgan fingerprint density at radius 2 is 1.59 bits per heavy atom. The standard InChI is InChI=1S/C13H11F2NO/c14-10-3-1-9(2-4-10)8-17-13-6-5-11(15)7-12(13)16/h1-7H,8,16H2. The van der Waals surface area contributed by atoms with Crippen molar-refractivity contribution in [2.75, 3.05) is 5.73 Å². The maximum absolute atomic E-state index is 12.8. The van der Waals surface area contributed by atoms with Crippen LogP contribution in [0.4, 0.5) is 14.5 Å². The Kier molecular flexibility index (Phi) is 3.23. The van der Waals surface area contributed by atoms with Gasteiger partial charge in [0.25, 0.3) is 0 Å². The van der Waals surface area contributed by atoms with Crippen molar-refractivity contribution < 1.29 is 13.5 Å². The van der Waals surface area contributed by atoms with Crippen molar-refractivity contribution in [2.24, 2.45) is 0 Å². The monoisotopic (exact) mass is 235 g/mol. The van der Waals surface area contributed by atoms with Gasteiger partial charge in [0.15, 0.2) is 0 Å². The number of nitrogen functional groups attached to an aromatic ring is 1. The maximum atomic E-state index is 12.8. The summed E-state index contributed by atoms with van der Waals surface area (Å²) in [4.78, 5) is 0. The van der Waals surface area contributed by atoms with E-state index in [1.165, 1.54) is 30.3 Å². The average molecular weight is 235 g/mol. The van der Waals surface area contributed by atoms with Crippen LogP contribution < -0.4 is 10.5 Å². The lowest BCUT2D eigenvalue weighted by Crippen LogP contribution is -1.99. The summed E-state index contributed by atoms with van der Waals surface area (Å²) in [5.41, 5.74) is 6.64. The SMILES string of the molecule is Nc1cc(F)ccc1OCc1ccc(F)cc1. The lowest BCUT2D eigenvalue weighted by Gasteiger charge is -2.08. The van der Waals surface area contributed by atoms with E-state index in [1.54, 1.807) is 12.1 Å². The molecule has 2 nitrogen and oxygen atoms in total. The van der Waals surface area contributed by atoms with Gasteiger partial charge in [-0.1, -0.05) is 12.1 Å². The van der Waals surface area contributed by atoms with Gasteiger partial charge in [0.05, 0.1) is 5.69 Å². The largest absolute Gasteiger partial charge is 0.487 e. The van der Waals surface area contributed by atoms with Gasteiger partial charge in [-0.15, -0.1) is 0 Å². The lowest BCUT2D eigenvalue weighted by atomic mass is 10.2. The van der Waals surface area contributed by atoms with Crippen LogP contribution in [0, 0.1) is 11.6 Å². The van der Waals surface area contributed by atoms with E-state index >= 15 is 0 Å². The minimum Gasteiger partial charge on any atom is -0.487 e. The summed E-state index contributed by atoms with van der Waals surface area (Å²) in [5.74, 6) is -0.289. The quantitative estimate of drug-likeness (QED) is 0.829. The molecular formula is C13H11F2NO. The van der Waals surface area contributed by atoms with Crippen LogP contribution in [-0.2, 0) is 6.61 Å². The van der Waals surface area contributed by atoms with E-state index in [1.807, 2.05) is 0 Å². The first-order valence-corrected chi connectivity index (χ1v) is 5.07. The second kappa shape index (κ2) is 4.82. The van der Waals surface area contributed by atoms with Crippen molar-refractivity contribution in [1.82, 2.24) is 0 Å². The van der Waals surface area contributed by atoms with E-state index in [4.69, 9.17) is 10.5 Å². The van der Waals surface area contributed by atoms with Crippen molar-refractivity contribution in [3.8, 4) is 5.75 Å². The molecule has 0 aliphatic carbocycles. The summed E-state index contributed by atoms with van der Waals surface area (Å²) in [5, 5.41) is 0. The van der Waals surface area contributed by atoms with E-state index in [0.29, 0.717) is 5.75 Å². The Hall–Kier alpha value is -2.10. The number of rotatable bonds is 3. The van der Waals surface area contributed by atoms with Crippen LogP contribution in [-0.4, -0.2) is 0 Å². The van der Waals surface area contributed by atoms with Crippen LogP contribution in [0.25, 0.3) is 0 Å². The molecule has 0 spiro atoms. The molecule has 2 aromatic rings. The van der Waals surface area contributed by atoms with E-state index in [9.17, 15) is 8.78 Å². The number of hydrogen-bond donors (Lipinski definition) is 1. The zero-order chi connectivity index (χ0) is 12.3. The van der Waals surface area contributed by atoms with E-state index in [-0.39, 0.29) is 18.1 Å². The molecule has 0 amide bonds. The van der Waals surface area contributed by atoms with Gasteiger partial charge >= 0.3 is 0 Å². The number of anilines is 1. The highest BCUT2D eigenvalue weighted by atomic mass is 19.1. The van der Waals surface area contributed by atoms with E-state index in [2.05, 4.69) is 0 Å². The Morgan fingerprint density at radius 3 is 2.24 bits per heavy atom. The molecule has 0 saturated heterocycles. The van der Waals surface area contributed by atoms with Crippen molar-refractivity contribution >= 4 is 5.69 Å². The Balaban J connectivity index is 2.04. The molecule has 0 bridgehead atoms. The molecule has 0 saturated carbocycles. The van der Waals surface area contributed by atoms with Gasteiger partial charge in [-0.3, -0.25) is 0 Å². The predicted octanol–water partition coefficient (Wildman–Crippen LogP) is 3.13. The third-order valence-corrected chi connectivity index (χ3v) is 2.28. The topological polar surface area (TPSA) is 35.2 Å². The first-order chi connectivity index (χ1) is 8.15. The van der Waals surface area contributed by atoms with Crippen molar-refractivity contribution in [3.05, 3.63) is 59.7 Å². The summed E-state index contributed by atoms with van der Waals surface area (Å²) < 4.78 is 30.8. The van der Waals surface area contributed by atoms with Gasteiger partial charge in [0, 0.05) is 6.07 Å². The summed E-state index contributed by atoms with van der Waals surface area (Å²) in [7, 11) is 0. The van der Waals surface area contributed by atoms with E-state index in [0.717, 1.165) is 5.56 Å². The van der Waals surface area contributed by atoms with Crippen LogP contribution >= 0.6 is 0 Å². The van der Waals surface area contributed by atoms with Crippen molar-refractivity contribution in [2.45, 2.75) is 6.61 Å². The molecule has 0 unspecified atom stereocenters. The number of nitrogens with two attached hydrogens (primary N) is 1. The molecule has 0 heterocycles. The molecule has 2 rings (SSSR count). The molecule has 0 aliphatic heterocycles. The molecule has 4 heteroatoms. The second-order valence-electron chi connectivity index (χ2n) is 3.60. The van der Waals surface area contributed by atoms with Gasteiger partial charge in [0.2, 0.25) is 0 Å². The summed E-state index contributed by atoms with van der Waals surface area (Å²) >= 11 is 0. The Bertz CT molecular complexity index is 511. The fraction of sp³-hybridized carbons (Fsp3) is 0.0769. The van der Waals surface area contributed by atoms with Gasteiger partial charge in [0.1, 0.15) is 24.0 Å². The number of benzene rings is 2. The fourth-order valence-corrected chi connectivity index (χ4v) is 1.39. The van der Waals surface area contributed by atoms with Gasteiger partial charge < -0.3 is 10.5 Å². The fourth-order valence-electron chi connectivity index (χ4n) is 1.39. The van der Waals surface area contributed by atoms with Crippen molar-refractivity contribution in [3.63, 3.8) is 0 Å². The highest BCUT2D eigenvalue weighted by Gasteiger charge is 2.02. The first-order valence-electron chi connectivity index (χ1n) is 5.07. The van der Waals surface area contributed by atoms with Gasteiger partial charge in [-0.05, 0) is 29.8 Å². The van der Waals surface area contributed by atoms with Crippen LogP contribution in [0.15, 0.2) is 42.5 Å². The minimum absolute atomic E-state index is 0.243. The molecule has 0 atom stereocenters. The van der Waals surface area contributed by atoms with E-state index < -0.39 is 5.82 Å². The summed E-state index contributed by atoms with van der Waals surface area (Å²) in [6.07, 6.45) is 0. The molecule has 0 aromatic heterocycles. The lowest BCUT2D eigenvalue weighted by molar-refractivity contribution is 0.307. The van der Waals surface area contributed by atoms with Crippen LogP contribution in [0.5, 0.6) is 5.75 Å². The van der Waals surface area contributed by atoms with Gasteiger partial charge in [-0.25, -0.2) is 8.78 Å². The Labute approximate surface area is 97.6 Å². The molecule has 0 fully saturated rings. The zero-order valence-electron chi connectivity index (χ0n) is 8.99. The molecular weight excluding hydrogens is 224 g/mol. The molecule has 2 aromatic carbocycles. The zero-order valence-corrected chi connectivity index (χ0v) is 8.99. The number of ether oxygens (including phenoxy) is 1. The van der Waals surface area contributed by atoms with Crippen LogP contribution in [0.3, 0.4) is 0 Å². The van der Waals surface area contributed by atoms with Crippen molar-refractivity contribution in [1.29, 1.82) is 0 Å². The van der Waals surface area contributed by atoms with Crippen LogP contribution in [0.1, 0.15) is 5.56 Å². The summed E-state index contributed by atoms with van der Waals surface area (Å²) in [6.45, 7) is 0.260. The molecule has 2 N–H and O–H groups in total. The third kappa shape index (κ3) is 2.93. The first kappa shape index (κ1) is 11.4. The second-order valence-corrected chi connectivity index (χ2v) is 3.60. The average Bonchev–Trinajstić information content (AvgIpc) is 2.30. The maximum Gasteiger partial charge on any atom is 0.142 e. The highest BCUT2D eigenvalue weighted by molar-refractivity contribution is 5.52. The molecule has 17 heavy (non-hydrogen) atoms. The smallest absolute Gasteiger partial charge is 0.142 e. The minimum atomic E-state index is -0.406. The number of hydrogen-bond acceptors (Lipinski definition) is 2. The van der Waals surface area contributed by atoms with Crippen LogP contribution in [0.2, 0.25) is 0 Å². The highest BCUT2D eigenvalue weighted by Crippen LogP contribution is 2.22.